The average Bonchev–Trinajstić information content (AvgIpc) is 3.58. The average molecular weight is 425 g/mol. The third-order valence-electron chi connectivity index (χ3n) is 6.28. The molecule has 0 saturated heterocycles. The van der Waals surface area contributed by atoms with Gasteiger partial charge in [-0.15, -0.1) is 0 Å². The summed E-state index contributed by atoms with van der Waals surface area (Å²) in [6.45, 7) is 0. The molecular weight excluding hydrogens is 402 g/mol. The number of rotatable bonds is 5. The van der Waals surface area contributed by atoms with E-state index >= 15 is 0 Å². The van der Waals surface area contributed by atoms with E-state index in [2.05, 4.69) is 30.5 Å². The summed E-state index contributed by atoms with van der Waals surface area (Å²) >= 11 is 0. The predicted molar refractivity (Wildman–Crippen MR) is 124 cm³/mol. The SMILES string of the molecule is OC(Nc1cncc(-c2ccc3[nH]nc(-c4cc5cnccc5[nH]4)c3n2)c1)C1CCCC1. The first-order valence-electron chi connectivity index (χ1n) is 10.9. The van der Waals surface area contributed by atoms with Gasteiger partial charge in [0.05, 0.1) is 28.8 Å². The monoisotopic (exact) mass is 425 g/mol. The maximum atomic E-state index is 10.5. The molecule has 1 aliphatic carbocycles. The highest BCUT2D eigenvalue weighted by molar-refractivity contribution is 5.94. The highest BCUT2D eigenvalue weighted by atomic mass is 16.3. The van der Waals surface area contributed by atoms with Crippen LogP contribution >= 0.6 is 0 Å². The van der Waals surface area contributed by atoms with Crippen molar-refractivity contribution in [3.8, 4) is 22.6 Å². The molecule has 1 saturated carbocycles. The van der Waals surface area contributed by atoms with Gasteiger partial charge < -0.3 is 15.4 Å². The van der Waals surface area contributed by atoms with Crippen LogP contribution in [0.25, 0.3) is 44.6 Å². The van der Waals surface area contributed by atoms with E-state index < -0.39 is 6.23 Å². The molecule has 0 spiro atoms. The molecule has 5 heterocycles. The molecule has 5 aromatic heterocycles. The van der Waals surface area contributed by atoms with Crippen LogP contribution in [0, 0.1) is 5.92 Å². The van der Waals surface area contributed by atoms with Gasteiger partial charge in [-0.3, -0.25) is 15.1 Å². The lowest BCUT2D eigenvalue weighted by atomic mass is 10.1. The molecule has 0 amide bonds. The molecule has 1 unspecified atom stereocenters. The minimum Gasteiger partial charge on any atom is -0.374 e. The molecule has 32 heavy (non-hydrogen) atoms. The molecule has 1 aliphatic rings. The zero-order valence-electron chi connectivity index (χ0n) is 17.4. The Morgan fingerprint density at radius 1 is 1.00 bits per heavy atom. The van der Waals surface area contributed by atoms with Crippen molar-refractivity contribution < 1.29 is 5.11 Å². The predicted octanol–water partition coefficient (Wildman–Crippen LogP) is 4.48. The maximum Gasteiger partial charge on any atom is 0.135 e. The van der Waals surface area contributed by atoms with Gasteiger partial charge in [0, 0.05) is 41.0 Å². The zero-order valence-corrected chi connectivity index (χ0v) is 17.4. The summed E-state index contributed by atoms with van der Waals surface area (Å²) in [7, 11) is 0. The van der Waals surface area contributed by atoms with Crippen molar-refractivity contribution in [2.45, 2.75) is 31.9 Å². The summed E-state index contributed by atoms with van der Waals surface area (Å²) in [5.74, 6) is 0.299. The van der Waals surface area contributed by atoms with Crippen LogP contribution in [-0.2, 0) is 0 Å². The molecule has 5 aromatic rings. The summed E-state index contributed by atoms with van der Waals surface area (Å²) in [5, 5.41) is 22.3. The van der Waals surface area contributed by atoms with Crippen molar-refractivity contribution in [2.75, 3.05) is 5.32 Å². The molecule has 0 aromatic carbocycles. The number of hydrogen-bond donors (Lipinski definition) is 4. The topological polar surface area (TPSA) is 115 Å². The molecule has 1 fully saturated rings. The van der Waals surface area contributed by atoms with Gasteiger partial charge in [0.1, 0.15) is 17.4 Å². The van der Waals surface area contributed by atoms with Gasteiger partial charge in [-0.2, -0.15) is 5.10 Å². The number of aliphatic hydroxyl groups is 1. The molecule has 1 atom stereocenters. The summed E-state index contributed by atoms with van der Waals surface area (Å²) in [6.07, 6.45) is 11.1. The molecule has 8 nitrogen and oxygen atoms in total. The Balaban J connectivity index is 1.34. The van der Waals surface area contributed by atoms with Crippen molar-refractivity contribution in [3.63, 3.8) is 0 Å². The molecule has 0 radical (unpaired) electrons. The fourth-order valence-corrected chi connectivity index (χ4v) is 4.57. The van der Waals surface area contributed by atoms with Crippen LogP contribution in [0.4, 0.5) is 5.69 Å². The number of aromatic amines is 2. The van der Waals surface area contributed by atoms with Gasteiger partial charge in [-0.25, -0.2) is 4.98 Å². The third kappa shape index (κ3) is 3.38. The van der Waals surface area contributed by atoms with Crippen LogP contribution in [-0.4, -0.2) is 41.5 Å². The van der Waals surface area contributed by atoms with Gasteiger partial charge in [0.15, 0.2) is 0 Å². The molecule has 0 bridgehead atoms. The number of aliphatic hydroxyl groups excluding tert-OH is 1. The minimum atomic E-state index is -0.554. The van der Waals surface area contributed by atoms with E-state index in [1.165, 1.54) is 12.8 Å². The Morgan fingerprint density at radius 2 is 1.91 bits per heavy atom. The quantitative estimate of drug-likeness (QED) is 0.309. The molecule has 8 heteroatoms. The van der Waals surface area contributed by atoms with Gasteiger partial charge in [-0.05, 0) is 43.2 Å². The number of H-pyrrole nitrogens is 2. The second-order valence-electron chi connectivity index (χ2n) is 8.41. The Labute approximate surface area is 184 Å². The van der Waals surface area contributed by atoms with Gasteiger partial charge in [0.25, 0.3) is 0 Å². The van der Waals surface area contributed by atoms with E-state index in [0.29, 0.717) is 5.92 Å². The van der Waals surface area contributed by atoms with Crippen LogP contribution in [0.15, 0.2) is 55.1 Å². The lowest BCUT2D eigenvalue weighted by molar-refractivity contribution is 0.137. The number of fused-ring (bicyclic) bond motifs is 2. The second-order valence-corrected chi connectivity index (χ2v) is 8.41. The van der Waals surface area contributed by atoms with Crippen LogP contribution in [0.5, 0.6) is 0 Å². The van der Waals surface area contributed by atoms with Gasteiger partial charge >= 0.3 is 0 Å². The van der Waals surface area contributed by atoms with Crippen molar-refractivity contribution in [3.05, 3.63) is 55.1 Å². The largest absolute Gasteiger partial charge is 0.374 e. The fourth-order valence-electron chi connectivity index (χ4n) is 4.57. The minimum absolute atomic E-state index is 0.299. The molecule has 0 aliphatic heterocycles. The Hall–Kier alpha value is -3.78. The number of hydrogen-bond acceptors (Lipinski definition) is 6. The molecule has 4 N–H and O–H groups in total. The van der Waals surface area contributed by atoms with E-state index in [-0.39, 0.29) is 0 Å². The Morgan fingerprint density at radius 3 is 2.78 bits per heavy atom. The third-order valence-corrected chi connectivity index (χ3v) is 6.28. The lowest BCUT2D eigenvalue weighted by Crippen LogP contribution is -2.26. The lowest BCUT2D eigenvalue weighted by Gasteiger charge is -2.20. The van der Waals surface area contributed by atoms with Crippen molar-refractivity contribution in [1.29, 1.82) is 0 Å². The van der Waals surface area contributed by atoms with Crippen LogP contribution in [0.1, 0.15) is 25.7 Å². The highest BCUT2D eigenvalue weighted by Crippen LogP contribution is 2.31. The van der Waals surface area contributed by atoms with Gasteiger partial charge in [-0.1, -0.05) is 12.8 Å². The Kier molecular flexibility index (Phi) is 4.57. The smallest absolute Gasteiger partial charge is 0.135 e. The Bertz CT molecular complexity index is 1370. The first kappa shape index (κ1) is 18.9. The van der Waals surface area contributed by atoms with Gasteiger partial charge in [0.2, 0.25) is 0 Å². The van der Waals surface area contributed by atoms with Crippen LogP contribution in [0.3, 0.4) is 0 Å². The standard InChI is InChI=1S/C24H23N7O/c32-24(14-3-1-2-4-14)27-17-9-15(12-26-13-17)18-5-6-20-22(29-18)23(31-30-20)21-10-16-11-25-8-7-19(16)28-21/h5-14,24,27-28,32H,1-4H2,(H,30,31). The number of pyridine rings is 3. The van der Waals surface area contributed by atoms with Crippen molar-refractivity contribution >= 4 is 27.6 Å². The molecular formula is C24H23N7O. The van der Waals surface area contributed by atoms with E-state index in [1.807, 2.05) is 36.5 Å². The fraction of sp³-hybridized carbons (Fsp3) is 0.250. The van der Waals surface area contributed by atoms with Crippen molar-refractivity contribution in [1.82, 2.24) is 30.1 Å². The molecule has 160 valence electrons. The van der Waals surface area contributed by atoms with Crippen LogP contribution in [0.2, 0.25) is 0 Å². The van der Waals surface area contributed by atoms with E-state index in [0.717, 1.165) is 63.1 Å². The van der Waals surface area contributed by atoms with Crippen LogP contribution < -0.4 is 5.32 Å². The summed E-state index contributed by atoms with van der Waals surface area (Å²) in [5.41, 5.74) is 6.76. The van der Waals surface area contributed by atoms with E-state index in [4.69, 9.17) is 4.98 Å². The number of aromatic nitrogens is 6. The van der Waals surface area contributed by atoms with E-state index in [1.54, 1.807) is 18.6 Å². The summed E-state index contributed by atoms with van der Waals surface area (Å²) in [6, 6.07) is 9.88. The van der Waals surface area contributed by atoms with Crippen molar-refractivity contribution in [2.24, 2.45) is 5.92 Å². The zero-order chi connectivity index (χ0) is 21.5. The highest BCUT2D eigenvalue weighted by Gasteiger charge is 2.23. The second kappa shape index (κ2) is 7.72. The number of nitrogens with zero attached hydrogens (tertiary/aromatic N) is 4. The first-order chi connectivity index (χ1) is 15.7. The number of anilines is 1. The normalized spacial score (nSPS) is 15.5. The summed E-state index contributed by atoms with van der Waals surface area (Å²) in [4.78, 5) is 16.8. The maximum absolute atomic E-state index is 10.5. The first-order valence-corrected chi connectivity index (χ1v) is 10.9. The number of nitrogens with one attached hydrogen (secondary N) is 3. The summed E-state index contributed by atoms with van der Waals surface area (Å²) < 4.78 is 0. The molecule has 6 rings (SSSR count). The van der Waals surface area contributed by atoms with E-state index in [9.17, 15) is 5.11 Å².